The van der Waals surface area contributed by atoms with Crippen molar-refractivity contribution in [1.29, 1.82) is 0 Å². The van der Waals surface area contributed by atoms with Crippen molar-refractivity contribution in [2.45, 2.75) is 85.0 Å². The zero-order valence-electron chi connectivity index (χ0n) is 33.3. The molecule has 2 fully saturated rings. The zero-order chi connectivity index (χ0) is 39.4. The first-order valence-corrected chi connectivity index (χ1v) is 20.2. The van der Waals surface area contributed by atoms with Crippen LogP contribution in [0.1, 0.15) is 63.7 Å². The highest BCUT2D eigenvalue weighted by atomic mass is 32.1. The molecule has 296 valence electrons. The monoisotopic (exact) mass is 772 g/mol. The summed E-state index contributed by atoms with van der Waals surface area (Å²) in [5.74, 6) is -0.716. The van der Waals surface area contributed by atoms with Gasteiger partial charge in [-0.25, -0.2) is 15.2 Å². The number of hydrogen-bond acceptors (Lipinski definition) is 10. The van der Waals surface area contributed by atoms with E-state index in [0.29, 0.717) is 45.4 Å². The lowest BCUT2D eigenvalue weighted by Crippen LogP contribution is -2.62. The number of allylic oxidation sites excluding steroid dienone is 2. The minimum absolute atomic E-state index is 0.163. The molecule has 2 saturated heterocycles. The smallest absolute Gasteiger partial charge is 0.324 e. The SMILES string of the molecule is C=C/C(=C(\N=CC)[C@H](C)OC)c1c2c3cc(ccc3n1CC)-c1csc(n1)C[C@H](NC(=O)N1CCN(C)CC1)C(=O)N1CCC[C@H](N1)C(=O)OCC(C)(C)C2. The van der Waals surface area contributed by atoms with Gasteiger partial charge in [-0.05, 0) is 64.8 Å². The number of carbonyl (C=O) groups is 3. The molecular weight excluding hydrogens is 717 g/mol. The molecule has 3 amide bonds. The Kier molecular flexibility index (Phi) is 12.6. The van der Waals surface area contributed by atoms with E-state index in [9.17, 15) is 14.4 Å². The number of aryl methyl sites for hydroxylation is 1. The van der Waals surface area contributed by atoms with Crippen LogP contribution < -0.4 is 10.7 Å². The maximum absolute atomic E-state index is 14.2. The molecule has 6 rings (SSSR count). The lowest BCUT2D eigenvalue weighted by atomic mass is 9.84. The Morgan fingerprint density at radius 1 is 1.24 bits per heavy atom. The van der Waals surface area contributed by atoms with Crippen molar-refractivity contribution in [2.24, 2.45) is 10.4 Å². The number of cyclic esters (lactones) is 1. The molecule has 3 aliphatic heterocycles. The molecule has 13 nitrogen and oxygen atoms in total. The van der Waals surface area contributed by atoms with Crippen LogP contribution in [-0.2, 0) is 38.4 Å². The fourth-order valence-electron chi connectivity index (χ4n) is 7.73. The number of aliphatic imine (C=N–C) groups is 1. The Morgan fingerprint density at radius 2 is 2.00 bits per heavy atom. The molecule has 3 aliphatic rings. The van der Waals surface area contributed by atoms with E-state index < -0.39 is 23.5 Å². The van der Waals surface area contributed by atoms with E-state index in [0.717, 1.165) is 62.8 Å². The van der Waals surface area contributed by atoms with Crippen LogP contribution in [0.2, 0.25) is 0 Å². The molecule has 0 unspecified atom stereocenters. The maximum atomic E-state index is 14.2. The number of carbonyl (C=O) groups excluding carboxylic acids is 3. The summed E-state index contributed by atoms with van der Waals surface area (Å²) in [6.07, 6.45) is 5.29. The van der Waals surface area contributed by atoms with E-state index in [4.69, 9.17) is 19.5 Å². The average molecular weight is 773 g/mol. The summed E-state index contributed by atoms with van der Waals surface area (Å²) in [7, 11) is 3.71. The molecule has 0 saturated carbocycles. The Labute approximate surface area is 328 Å². The lowest BCUT2D eigenvalue weighted by Gasteiger charge is -2.37. The number of urea groups is 1. The predicted molar refractivity (Wildman–Crippen MR) is 218 cm³/mol. The minimum atomic E-state index is -0.889. The number of esters is 1. The molecule has 3 atom stereocenters. The Balaban J connectivity index is 1.48. The van der Waals surface area contributed by atoms with Gasteiger partial charge in [-0.1, -0.05) is 32.6 Å². The standard InChI is InChI=1S/C41H56N8O5S/c1-9-28(36(42-10-2)26(4)53-8)37-30-23-41(5,6)25-54-39(51)31-13-12-16-49(45-31)38(50)32(44-40(52)47-19-17-46(7)18-20-47)22-35-43-33(24-55-35)27-14-15-34(29(30)21-27)48(37)11-3/h9-10,14-15,21,24,26,31-32,45H,1,11-13,16-20,22-23,25H2,2-8H3,(H,44,52)/b36-28+,42-10?/t26-,31-,32-/m0/s1. The van der Waals surface area contributed by atoms with Gasteiger partial charge in [0.2, 0.25) is 0 Å². The first-order chi connectivity index (χ1) is 26.4. The van der Waals surface area contributed by atoms with Crippen LogP contribution in [0.15, 0.2) is 46.9 Å². The second-order valence-electron chi connectivity index (χ2n) is 15.5. The number of benzene rings is 1. The number of likely N-dealkylation sites (N-methyl/N-ethyl adjacent to an activating group) is 1. The van der Waals surface area contributed by atoms with Gasteiger partial charge < -0.3 is 29.2 Å². The molecular formula is C41H56N8O5S. The number of nitrogens with zero attached hydrogens (tertiary/aromatic N) is 6. The summed E-state index contributed by atoms with van der Waals surface area (Å²) in [5, 5.41) is 8.31. The highest BCUT2D eigenvalue weighted by Gasteiger charge is 2.36. The summed E-state index contributed by atoms with van der Waals surface area (Å²) >= 11 is 1.47. The van der Waals surface area contributed by atoms with Crippen LogP contribution in [0.3, 0.4) is 0 Å². The van der Waals surface area contributed by atoms with Gasteiger partial charge in [0.1, 0.15) is 12.1 Å². The highest BCUT2D eigenvalue weighted by Crippen LogP contribution is 2.40. The van der Waals surface area contributed by atoms with Gasteiger partial charge in [0.05, 0.1) is 34.8 Å². The molecule has 2 N–H and O–H groups in total. The molecule has 0 aliphatic carbocycles. The van der Waals surface area contributed by atoms with Gasteiger partial charge in [-0.2, -0.15) is 0 Å². The first kappa shape index (κ1) is 40.3. The van der Waals surface area contributed by atoms with Gasteiger partial charge in [0.15, 0.2) is 0 Å². The third kappa shape index (κ3) is 8.72. The molecule has 14 heteroatoms. The minimum Gasteiger partial charge on any atom is -0.464 e. The number of thiazole rings is 1. The second-order valence-corrected chi connectivity index (χ2v) is 16.4. The third-order valence-electron chi connectivity index (χ3n) is 10.8. The van der Waals surface area contributed by atoms with E-state index in [1.165, 1.54) is 16.3 Å². The number of fused-ring (bicyclic) bond motifs is 6. The number of ether oxygens (including phenoxy) is 2. The van der Waals surface area contributed by atoms with Gasteiger partial charge in [0, 0.05) is 91.8 Å². The number of aromatic nitrogens is 2. The van der Waals surface area contributed by atoms with Gasteiger partial charge in [-0.15, -0.1) is 11.3 Å². The molecule has 6 bridgehead atoms. The largest absolute Gasteiger partial charge is 0.464 e. The van der Waals surface area contributed by atoms with E-state index in [-0.39, 0.29) is 31.1 Å². The molecule has 0 radical (unpaired) electrons. The number of hydrogen-bond donors (Lipinski definition) is 2. The summed E-state index contributed by atoms with van der Waals surface area (Å²) in [5.41, 5.74) is 9.22. The van der Waals surface area contributed by atoms with Crippen LogP contribution in [0.4, 0.5) is 4.79 Å². The molecule has 0 spiro atoms. The van der Waals surface area contributed by atoms with Gasteiger partial charge >= 0.3 is 12.0 Å². The molecule has 1 aromatic carbocycles. The Morgan fingerprint density at radius 3 is 2.69 bits per heavy atom. The van der Waals surface area contributed by atoms with Crippen molar-refractivity contribution in [3.8, 4) is 11.3 Å². The van der Waals surface area contributed by atoms with E-state index >= 15 is 0 Å². The van der Waals surface area contributed by atoms with Crippen molar-refractivity contribution in [2.75, 3.05) is 53.5 Å². The van der Waals surface area contributed by atoms with E-state index in [1.54, 1.807) is 18.2 Å². The summed E-state index contributed by atoms with van der Waals surface area (Å²) in [4.78, 5) is 55.2. The quantitative estimate of drug-likeness (QED) is 0.188. The van der Waals surface area contributed by atoms with Crippen LogP contribution >= 0.6 is 11.3 Å². The fourth-order valence-corrected chi connectivity index (χ4v) is 8.58. The fraction of sp³-hybridized carbons (Fsp3) is 0.537. The van der Waals surface area contributed by atoms with Crippen LogP contribution in [0.5, 0.6) is 0 Å². The van der Waals surface area contributed by atoms with Crippen LogP contribution in [0.25, 0.3) is 27.7 Å². The predicted octanol–water partition coefficient (Wildman–Crippen LogP) is 5.30. The Hall–Kier alpha value is -4.37. The molecule has 55 heavy (non-hydrogen) atoms. The van der Waals surface area contributed by atoms with E-state index in [1.807, 2.05) is 32.4 Å². The van der Waals surface area contributed by atoms with Crippen LogP contribution in [-0.4, -0.2) is 120 Å². The van der Waals surface area contributed by atoms with Crippen molar-refractivity contribution in [3.05, 3.63) is 58.2 Å². The zero-order valence-corrected chi connectivity index (χ0v) is 34.1. The maximum Gasteiger partial charge on any atom is 0.324 e. The third-order valence-corrected chi connectivity index (χ3v) is 11.7. The first-order valence-electron chi connectivity index (χ1n) is 19.3. The Bertz CT molecular complexity index is 1970. The number of rotatable bonds is 7. The lowest BCUT2D eigenvalue weighted by molar-refractivity contribution is -0.155. The summed E-state index contributed by atoms with van der Waals surface area (Å²) in [6, 6.07) is 4.54. The second kappa shape index (κ2) is 17.2. The number of piperazine rings is 1. The van der Waals surface area contributed by atoms with Crippen molar-refractivity contribution in [3.63, 3.8) is 0 Å². The molecule has 2 aromatic heterocycles. The van der Waals surface area contributed by atoms with Gasteiger partial charge in [0.25, 0.3) is 5.91 Å². The number of amides is 3. The van der Waals surface area contributed by atoms with Crippen molar-refractivity contribution >= 4 is 51.9 Å². The highest BCUT2D eigenvalue weighted by molar-refractivity contribution is 7.10. The van der Waals surface area contributed by atoms with E-state index in [2.05, 4.69) is 65.8 Å². The normalized spacial score (nSPS) is 22.3. The number of nitrogens with one attached hydrogen (secondary N) is 2. The molecule has 3 aromatic rings. The topological polar surface area (TPSA) is 134 Å². The number of methoxy groups -OCH3 is 1. The van der Waals surface area contributed by atoms with Gasteiger partial charge in [-0.3, -0.25) is 19.6 Å². The van der Waals surface area contributed by atoms with Crippen LogP contribution in [0, 0.1) is 5.41 Å². The summed E-state index contributed by atoms with van der Waals surface area (Å²) in [6.45, 7) is 18.4. The van der Waals surface area contributed by atoms with Crippen molar-refractivity contribution < 1.29 is 23.9 Å². The average Bonchev–Trinajstić information content (AvgIpc) is 3.77. The number of hydrazine groups is 1. The van der Waals surface area contributed by atoms with Crippen molar-refractivity contribution in [1.82, 2.24) is 35.1 Å². The molecule has 5 heterocycles. The summed E-state index contributed by atoms with van der Waals surface area (Å²) < 4.78 is 14.2.